The molecule has 0 saturated carbocycles. The largest absolute Gasteiger partial charge is 0.454 e. The maximum atomic E-state index is 12.0. The minimum absolute atomic E-state index is 0.106. The van der Waals surface area contributed by atoms with Gasteiger partial charge in [0.15, 0.2) is 11.5 Å². The fourth-order valence-corrected chi connectivity index (χ4v) is 2.20. The Hall–Kier alpha value is -2.50. The van der Waals surface area contributed by atoms with E-state index in [-0.39, 0.29) is 12.7 Å². The summed E-state index contributed by atoms with van der Waals surface area (Å²) in [4.78, 5) is 12.0. The van der Waals surface area contributed by atoms with Gasteiger partial charge in [0.05, 0.1) is 0 Å². The van der Waals surface area contributed by atoms with Gasteiger partial charge in [-0.3, -0.25) is 9.48 Å². The van der Waals surface area contributed by atoms with Gasteiger partial charge in [0.25, 0.3) is 5.91 Å². The van der Waals surface area contributed by atoms with Crippen molar-refractivity contribution >= 4 is 5.91 Å². The number of carbonyl (C=O) groups excluding carboxylic acids is 1. The van der Waals surface area contributed by atoms with E-state index in [1.807, 2.05) is 17.7 Å². The van der Waals surface area contributed by atoms with Crippen LogP contribution < -0.4 is 14.8 Å². The summed E-state index contributed by atoms with van der Waals surface area (Å²) in [6.45, 7) is 3.62. The Kier molecular flexibility index (Phi) is 3.77. The second-order valence-electron chi connectivity index (χ2n) is 4.87. The van der Waals surface area contributed by atoms with Gasteiger partial charge in [0.1, 0.15) is 0 Å². The van der Waals surface area contributed by atoms with Crippen LogP contribution in [0.3, 0.4) is 0 Å². The average Bonchev–Trinajstić information content (AvgIpc) is 3.11. The first kappa shape index (κ1) is 13.5. The van der Waals surface area contributed by atoms with Crippen molar-refractivity contribution in [2.45, 2.75) is 19.9 Å². The number of hydrogen-bond acceptors (Lipinski definition) is 4. The van der Waals surface area contributed by atoms with Crippen LogP contribution in [0.15, 0.2) is 30.5 Å². The molecule has 0 atom stereocenters. The molecule has 0 radical (unpaired) electrons. The molecule has 0 aliphatic carbocycles. The molecule has 6 heteroatoms. The Morgan fingerprint density at radius 1 is 1.33 bits per heavy atom. The molecule has 3 rings (SSSR count). The van der Waals surface area contributed by atoms with Crippen LogP contribution in [0.1, 0.15) is 22.5 Å². The van der Waals surface area contributed by atoms with Crippen molar-refractivity contribution in [1.29, 1.82) is 0 Å². The summed E-state index contributed by atoms with van der Waals surface area (Å²) < 4.78 is 12.4. The molecular weight excluding hydrogens is 270 g/mol. The lowest BCUT2D eigenvalue weighted by Crippen LogP contribution is -2.25. The SMILES string of the molecule is Cc1ccnn1CCCNC(=O)c1ccc2c(c1)OCO2. The Morgan fingerprint density at radius 3 is 3.00 bits per heavy atom. The van der Waals surface area contributed by atoms with Gasteiger partial charge < -0.3 is 14.8 Å². The molecule has 1 amide bonds. The highest BCUT2D eigenvalue weighted by Crippen LogP contribution is 2.32. The maximum Gasteiger partial charge on any atom is 0.251 e. The molecule has 6 nitrogen and oxygen atoms in total. The second-order valence-corrected chi connectivity index (χ2v) is 4.87. The minimum Gasteiger partial charge on any atom is -0.454 e. The van der Waals surface area contributed by atoms with Crippen molar-refractivity contribution in [3.8, 4) is 11.5 Å². The lowest BCUT2D eigenvalue weighted by Gasteiger charge is -2.07. The zero-order valence-electron chi connectivity index (χ0n) is 11.8. The number of hydrogen-bond donors (Lipinski definition) is 1. The molecule has 2 aromatic rings. The predicted octanol–water partition coefficient (Wildman–Crippen LogP) is 1.74. The first-order valence-electron chi connectivity index (χ1n) is 6.90. The highest BCUT2D eigenvalue weighted by Gasteiger charge is 2.15. The minimum atomic E-state index is -0.106. The first-order valence-corrected chi connectivity index (χ1v) is 6.90. The lowest BCUT2D eigenvalue weighted by atomic mass is 10.2. The van der Waals surface area contributed by atoms with Crippen LogP contribution in [0.25, 0.3) is 0 Å². The van der Waals surface area contributed by atoms with Gasteiger partial charge in [-0.25, -0.2) is 0 Å². The Morgan fingerprint density at radius 2 is 2.19 bits per heavy atom. The van der Waals surface area contributed by atoms with Gasteiger partial charge in [-0.2, -0.15) is 5.10 Å². The van der Waals surface area contributed by atoms with Crippen molar-refractivity contribution in [3.05, 3.63) is 41.7 Å². The Balaban J connectivity index is 1.49. The monoisotopic (exact) mass is 287 g/mol. The van der Waals surface area contributed by atoms with Crippen LogP contribution in [0.4, 0.5) is 0 Å². The van der Waals surface area contributed by atoms with E-state index in [2.05, 4.69) is 10.4 Å². The Bertz CT molecular complexity index is 651. The summed E-state index contributed by atoms with van der Waals surface area (Å²) in [6.07, 6.45) is 2.61. The number of aromatic nitrogens is 2. The zero-order chi connectivity index (χ0) is 14.7. The van der Waals surface area contributed by atoms with E-state index >= 15 is 0 Å². The van der Waals surface area contributed by atoms with Crippen molar-refractivity contribution in [3.63, 3.8) is 0 Å². The van der Waals surface area contributed by atoms with E-state index in [0.717, 1.165) is 18.7 Å². The lowest BCUT2D eigenvalue weighted by molar-refractivity contribution is 0.0952. The summed E-state index contributed by atoms with van der Waals surface area (Å²) in [7, 11) is 0. The van der Waals surface area contributed by atoms with Gasteiger partial charge in [0.2, 0.25) is 6.79 Å². The third-order valence-electron chi connectivity index (χ3n) is 3.40. The summed E-state index contributed by atoms with van der Waals surface area (Å²) >= 11 is 0. The smallest absolute Gasteiger partial charge is 0.251 e. The maximum absolute atomic E-state index is 12.0. The van der Waals surface area contributed by atoms with Gasteiger partial charge in [0, 0.05) is 30.5 Å². The van der Waals surface area contributed by atoms with Gasteiger partial charge in [-0.05, 0) is 37.6 Å². The first-order chi connectivity index (χ1) is 10.2. The number of nitrogens with zero attached hydrogens (tertiary/aromatic N) is 2. The summed E-state index contributed by atoms with van der Waals surface area (Å²) in [6, 6.07) is 7.16. The van der Waals surface area contributed by atoms with Crippen molar-refractivity contribution in [2.75, 3.05) is 13.3 Å². The number of amides is 1. The van der Waals surface area contributed by atoms with E-state index in [9.17, 15) is 4.79 Å². The molecule has 0 fully saturated rings. The number of nitrogens with one attached hydrogen (secondary N) is 1. The van der Waals surface area contributed by atoms with Gasteiger partial charge in [-0.1, -0.05) is 0 Å². The molecule has 1 aromatic heterocycles. The van der Waals surface area contributed by atoms with E-state index in [1.165, 1.54) is 0 Å². The topological polar surface area (TPSA) is 65.4 Å². The number of ether oxygens (including phenoxy) is 2. The zero-order valence-corrected chi connectivity index (χ0v) is 11.8. The van der Waals surface area contributed by atoms with Crippen LogP contribution in [0.5, 0.6) is 11.5 Å². The molecule has 0 unspecified atom stereocenters. The highest BCUT2D eigenvalue weighted by molar-refractivity contribution is 5.94. The van der Waals surface area contributed by atoms with Crippen LogP contribution >= 0.6 is 0 Å². The molecule has 1 aromatic carbocycles. The van der Waals surface area contributed by atoms with Crippen molar-refractivity contribution < 1.29 is 14.3 Å². The number of fused-ring (bicyclic) bond motifs is 1. The third-order valence-corrected chi connectivity index (χ3v) is 3.40. The van der Waals surface area contributed by atoms with Crippen LogP contribution in [0.2, 0.25) is 0 Å². The van der Waals surface area contributed by atoms with Gasteiger partial charge >= 0.3 is 0 Å². The molecule has 1 aliphatic heterocycles. The summed E-state index contributed by atoms with van der Waals surface area (Å²) in [5.74, 6) is 1.20. The molecule has 0 saturated heterocycles. The molecule has 1 N–H and O–H groups in total. The normalized spacial score (nSPS) is 12.4. The molecular formula is C15H17N3O3. The molecule has 1 aliphatic rings. The standard InChI is InChI=1S/C15H17N3O3/c1-11-5-7-17-18(11)8-2-6-16-15(19)12-3-4-13-14(9-12)21-10-20-13/h3-5,7,9H,2,6,8,10H2,1H3,(H,16,19). The number of carbonyl (C=O) groups is 1. The number of aryl methyl sites for hydroxylation is 2. The number of rotatable bonds is 5. The van der Waals surface area contributed by atoms with Crippen LogP contribution in [-0.4, -0.2) is 29.0 Å². The van der Waals surface area contributed by atoms with Gasteiger partial charge in [-0.15, -0.1) is 0 Å². The quantitative estimate of drug-likeness (QED) is 0.851. The van der Waals surface area contributed by atoms with E-state index in [1.54, 1.807) is 24.4 Å². The molecule has 2 heterocycles. The fourth-order valence-electron chi connectivity index (χ4n) is 2.20. The Labute approximate surface area is 122 Å². The summed E-state index contributed by atoms with van der Waals surface area (Å²) in [5, 5.41) is 7.10. The van der Waals surface area contributed by atoms with Crippen molar-refractivity contribution in [1.82, 2.24) is 15.1 Å². The highest BCUT2D eigenvalue weighted by atomic mass is 16.7. The summed E-state index contributed by atoms with van der Waals surface area (Å²) in [5.41, 5.74) is 1.70. The average molecular weight is 287 g/mol. The van der Waals surface area contributed by atoms with Crippen LogP contribution in [-0.2, 0) is 6.54 Å². The van der Waals surface area contributed by atoms with E-state index in [0.29, 0.717) is 23.6 Å². The van der Waals surface area contributed by atoms with E-state index < -0.39 is 0 Å². The molecule has 0 bridgehead atoms. The second kappa shape index (κ2) is 5.87. The molecule has 0 spiro atoms. The fraction of sp³-hybridized carbons (Fsp3) is 0.333. The van der Waals surface area contributed by atoms with Crippen LogP contribution in [0, 0.1) is 6.92 Å². The van der Waals surface area contributed by atoms with Crippen molar-refractivity contribution in [2.24, 2.45) is 0 Å². The molecule has 110 valence electrons. The van der Waals surface area contributed by atoms with E-state index in [4.69, 9.17) is 9.47 Å². The third kappa shape index (κ3) is 2.99. The number of benzene rings is 1. The predicted molar refractivity (Wildman–Crippen MR) is 76.5 cm³/mol. The molecule has 21 heavy (non-hydrogen) atoms.